The van der Waals surface area contributed by atoms with Crippen molar-refractivity contribution in [1.82, 2.24) is 5.32 Å². The monoisotopic (exact) mass is 295 g/mol. The maximum absolute atomic E-state index is 13.7. The molecule has 0 amide bonds. The number of rotatable bonds is 4. The molecule has 1 unspecified atom stereocenters. The highest BCUT2D eigenvalue weighted by Gasteiger charge is 2.14. The molecule has 0 aliphatic rings. The van der Waals surface area contributed by atoms with Gasteiger partial charge in [0, 0.05) is 17.6 Å². The molecule has 106 valence electrons. The highest BCUT2D eigenvalue weighted by molar-refractivity contribution is 6.30. The van der Waals surface area contributed by atoms with Crippen LogP contribution in [0.25, 0.3) is 0 Å². The van der Waals surface area contributed by atoms with Gasteiger partial charge in [-0.1, -0.05) is 35.9 Å². The largest absolute Gasteiger partial charge is 0.304 e. The van der Waals surface area contributed by atoms with E-state index in [9.17, 15) is 8.78 Å². The summed E-state index contributed by atoms with van der Waals surface area (Å²) in [4.78, 5) is 0. The highest BCUT2D eigenvalue weighted by atomic mass is 35.5. The molecule has 20 heavy (non-hydrogen) atoms. The van der Waals surface area contributed by atoms with Crippen molar-refractivity contribution in [2.45, 2.75) is 25.9 Å². The van der Waals surface area contributed by atoms with Crippen LogP contribution in [-0.4, -0.2) is 0 Å². The lowest BCUT2D eigenvalue weighted by Crippen LogP contribution is -2.23. The molecule has 2 aromatic carbocycles. The SMILES string of the molecule is CC(N[C@H](C)c1ccccc1F)c1ccc(F)c(Cl)c1. The van der Waals surface area contributed by atoms with E-state index in [1.807, 2.05) is 13.8 Å². The van der Waals surface area contributed by atoms with E-state index in [4.69, 9.17) is 11.6 Å². The van der Waals surface area contributed by atoms with E-state index in [-0.39, 0.29) is 22.9 Å². The summed E-state index contributed by atoms with van der Waals surface area (Å²) >= 11 is 5.77. The molecule has 0 heterocycles. The van der Waals surface area contributed by atoms with Crippen LogP contribution in [0.4, 0.5) is 8.78 Å². The Morgan fingerprint density at radius 1 is 0.950 bits per heavy atom. The predicted molar refractivity (Wildman–Crippen MR) is 77.8 cm³/mol. The van der Waals surface area contributed by atoms with Crippen molar-refractivity contribution < 1.29 is 8.78 Å². The van der Waals surface area contributed by atoms with E-state index in [1.165, 1.54) is 12.1 Å². The van der Waals surface area contributed by atoms with Gasteiger partial charge in [0.25, 0.3) is 0 Å². The second kappa shape index (κ2) is 6.33. The van der Waals surface area contributed by atoms with Crippen LogP contribution in [-0.2, 0) is 0 Å². The van der Waals surface area contributed by atoms with Gasteiger partial charge in [0.2, 0.25) is 0 Å². The number of nitrogens with one attached hydrogen (secondary N) is 1. The number of benzene rings is 2. The summed E-state index contributed by atoms with van der Waals surface area (Å²) in [6.45, 7) is 3.82. The molecule has 1 nitrogen and oxygen atoms in total. The number of halogens is 3. The second-order valence-electron chi connectivity index (χ2n) is 4.81. The van der Waals surface area contributed by atoms with Crippen molar-refractivity contribution >= 4 is 11.6 Å². The first-order valence-electron chi connectivity index (χ1n) is 6.44. The summed E-state index contributed by atoms with van der Waals surface area (Å²) in [6.07, 6.45) is 0. The van der Waals surface area contributed by atoms with Gasteiger partial charge in [-0.3, -0.25) is 0 Å². The van der Waals surface area contributed by atoms with Crippen molar-refractivity contribution in [3.05, 3.63) is 70.2 Å². The summed E-state index contributed by atoms with van der Waals surface area (Å²) in [5, 5.41) is 3.37. The van der Waals surface area contributed by atoms with Gasteiger partial charge in [0.15, 0.2) is 0 Å². The minimum absolute atomic E-state index is 0.0669. The fourth-order valence-corrected chi connectivity index (χ4v) is 2.36. The first-order valence-corrected chi connectivity index (χ1v) is 6.82. The van der Waals surface area contributed by atoms with E-state index < -0.39 is 5.82 Å². The van der Waals surface area contributed by atoms with Gasteiger partial charge in [-0.25, -0.2) is 8.78 Å². The van der Waals surface area contributed by atoms with Gasteiger partial charge in [0.05, 0.1) is 5.02 Å². The highest BCUT2D eigenvalue weighted by Crippen LogP contribution is 2.24. The Kier molecular flexibility index (Phi) is 4.73. The molecule has 0 aliphatic heterocycles. The van der Waals surface area contributed by atoms with Crippen molar-refractivity contribution in [2.24, 2.45) is 0 Å². The van der Waals surface area contributed by atoms with Crippen LogP contribution in [0.3, 0.4) is 0 Å². The van der Waals surface area contributed by atoms with Crippen molar-refractivity contribution in [1.29, 1.82) is 0 Å². The summed E-state index contributed by atoms with van der Waals surface area (Å²) in [5.41, 5.74) is 1.46. The molecule has 1 N–H and O–H groups in total. The fraction of sp³-hybridized carbons (Fsp3) is 0.250. The van der Waals surface area contributed by atoms with Gasteiger partial charge in [0.1, 0.15) is 11.6 Å². The standard InChI is InChI=1S/C16H16ClF2N/c1-10(12-7-8-16(19)14(17)9-12)20-11(2)13-5-3-4-6-15(13)18/h3-11,20H,1-2H3/t10?,11-/m1/s1. The van der Waals surface area contributed by atoms with Crippen molar-refractivity contribution in [3.8, 4) is 0 Å². The van der Waals surface area contributed by atoms with Gasteiger partial charge in [-0.2, -0.15) is 0 Å². The van der Waals surface area contributed by atoms with Crippen molar-refractivity contribution in [3.63, 3.8) is 0 Å². The number of hydrogen-bond acceptors (Lipinski definition) is 1. The zero-order chi connectivity index (χ0) is 14.7. The van der Waals surface area contributed by atoms with E-state index in [0.717, 1.165) is 5.56 Å². The van der Waals surface area contributed by atoms with Gasteiger partial charge >= 0.3 is 0 Å². The Hall–Kier alpha value is -1.45. The zero-order valence-electron chi connectivity index (χ0n) is 11.3. The van der Waals surface area contributed by atoms with Crippen LogP contribution in [0.2, 0.25) is 5.02 Å². The summed E-state index contributed by atoms with van der Waals surface area (Å²) in [5.74, 6) is -0.679. The summed E-state index contributed by atoms with van der Waals surface area (Å²) < 4.78 is 26.8. The topological polar surface area (TPSA) is 12.0 Å². The summed E-state index contributed by atoms with van der Waals surface area (Å²) in [6, 6.07) is 11.0. The fourth-order valence-electron chi connectivity index (χ4n) is 2.17. The molecule has 2 aromatic rings. The Balaban J connectivity index is 2.13. The molecule has 2 rings (SSSR count). The molecule has 0 aromatic heterocycles. The summed E-state index contributed by atoms with van der Waals surface area (Å²) in [7, 11) is 0. The molecule has 0 saturated heterocycles. The first-order chi connectivity index (χ1) is 9.49. The van der Waals surface area contributed by atoms with Gasteiger partial charge < -0.3 is 5.32 Å². The lowest BCUT2D eigenvalue weighted by molar-refractivity contribution is 0.473. The molecule has 4 heteroatoms. The molecule has 0 fully saturated rings. The third-order valence-corrected chi connectivity index (χ3v) is 3.61. The van der Waals surface area contributed by atoms with E-state index >= 15 is 0 Å². The van der Waals surface area contributed by atoms with Crippen LogP contribution in [0.1, 0.15) is 37.1 Å². The molecule has 2 atom stereocenters. The molecule has 0 bridgehead atoms. The van der Waals surface area contributed by atoms with Gasteiger partial charge in [-0.15, -0.1) is 0 Å². The lowest BCUT2D eigenvalue weighted by Gasteiger charge is -2.21. The Bertz CT molecular complexity index is 601. The molecular formula is C16H16ClF2N. The molecule has 0 spiro atoms. The van der Waals surface area contributed by atoms with E-state index in [0.29, 0.717) is 5.56 Å². The minimum atomic E-state index is -0.440. The molecule has 0 saturated carbocycles. The van der Waals surface area contributed by atoms with E-state index in [1.54, 1.807) is 30.3 Å². The van der Waals surface area contributed by atoms with Crippen LogP contribution in [0.5, 0.6) is 0 Å². The average molecular weight is 296 g/mol. The first kappa shape index (κ1) is 14.9. The Morgan fingerprint density at radius 2 is 1.65 bits per heavy atom. The van der Waals surface area contributed by atoms with Crippen molar-refractivity contribution in [2.75, 3.05) is 0 Å². The minimum Gasteiger partial charge on any atom is -0.304 e. The third-order valence-electron chi connectivity index (χ3n) is 3.32. The second-order valence-corrected chi connectivity index (χ2v) is 5.21. The van der Waals surface area contributed by atoms with Gasteiger partial charge in [-0.05, 0) is 37.6 Å². The van der Waals surface area contributed by atoms with E-state index in [2.05, 4.69) is 5.32 Å². The quantitative estimate of drug-likeness (QED) is 0.834. The maximum Gasteiger partial charge on any atom is 0.141 e. The Labute approximate surface area is 122 Å². The maximum atomic E-state index is 13.7. The molecule has 0 radical (unpaired) electrons. The number of hydrogen-bond donors (Lipinski definition) is 1. The molecular weight excluding hydrogens is 280 g/mol. The zero-order valence-corrected chi connectivity index (χ0v) is 12.1. The van der Waals surface area contributed by atoms with Crippen LogP contribution >= 0.6 is 11.6 Å². The predicted octanol–water partition coefficient (Wildman–Crippen LogP) is 5.03. The normalized spacial score (nSPS) is 14.1. The Morgan fingerprint density at radius 3 is 2.30 bits per heavy atom. The van der Waals surface area contributed by atoms with Crippen LogP contribution < -0.4 is 5.32 Å². The van der Waals surface area contributed by atoms with Crippen LogP contribution in [0.15, 0.2) is 42.5 Å². The lowest BCUT2D eigenvalue weighted by atomic mass is 10.0. The average Bonchev–Trinajstić information content (AvgIpc) is 2.42. The molecule has 0 aliphatic carbocycles. The van der Waals surface area contributed by atoms with Crippen LogP contribution in [0, 0.1) is 11.6 Å². The third kappa shape index (κ3) is 3.35. The smallest absolute Gasteiger partial charge is 0.141 e.